The van der Waals surface area contributed by atoms with E-state index in [1.54, 1.807) is 11.0 Å². The van der Waals surface area contributed by atoms with Gasteiger partial charge in [-0.3, -0.25) is 15.4 Å². The fourth-order valence-corrected chi connectivity index (χ4v) is 2.85. The molecule has 1 aromatic carbocycles. The van der Waals surface area contributed by atoms with E-state index in [0.29, 0.717) is 19.1 Å². The Morgan fingerprint density at radius 2 is 1.52 bits per heavy atom. The summed E-state index contributed by atoms with van der Waals surface area (Å²) in [5, 5.41) is 17.0. The second-order valence-corrected chi connectivity index (χ2v) is 8.67. The van der Waals surface area contributed by atoms with Gasteiger partial charge in [0.1, 0.15) is 5.75 Å². The van der Waals surface area contributed by atoms with Crippen molar-refractivity contribution in [3.8, 4) is 5.75 Å². The molecule has 1 fully saturated rings. The lowest BCUT2D eigenvalue weighted by Gasteiger charge is -2.28. The minimum Gasteiger partial charge on any atom is -0.507 e. The highest BCUT2D eigenvalue weighted by Gasteiger charge is 2.26. The Morgan fingerprint density at radius 3 is 1.96 bits per heavy atom. The first-order valence-corrected chi connectivity index (χ1v) is 8.76. The van der Waals surface area contributed by atoms with Gasteiger partial charge in [0, 0.05) is 23.9 Å². The van der Waals surface area contributed by atoms with Crippen LogP contribution < -0.4 is 10.6 Å². The quantitative estimate of drug-likeness (QED) is 0.721. The third kappa shape index (κ3) is 4.83. The van der Waals surface area contributed by atoms with Crippen molar-refractivity contribution in [2.75, 3.05) is 20.0 Å². The van der Waals surface area contributed by atoms with E-state index in [-0.39, 0.29) is 16.7 Å². The van der Waals surface area contributed by atoms with E-state index >= 15 is 0 Å². The summed E-state index contributed by atoms with van der Waals surface area (Å²) in [5.41, 5.74) is 2.36. The molecule has 1 saturated heterocycles. The van der Waals surface area contributed by atoms with Crippen LogP contribution >= 0.6 is 0 Å². The lowest BCUT2D eigenvalue weighted by molar-refractivity contribution is -0.127. The number of benzene rings is 1. The molecule has 3 N–H and O–H groups in total. The highest BCUT2D eigenvalue weighted by molar-refractivity contribution is 5.91. The van der Waals surface area contributed by atoms with Crippen molar-refractivity contribution in [2.45, 2.75) is 52.4 Å². The van der Waals surface area contributed by atoms with Gasteiger partial charge < -0.3 is 10.0 Å². The molecule has 25 heavy (non-hydrogen) atoms. The van der Waals surface area contributed by atoms with Crippen molar-refractivity contribution in [1.29, 1.82) is 0 Å². The summed E-state index contributed by atoms with van der Waals surface area (Å²) in [6.45, 7) is 14.3. The van der Waals surface area contributed by atoms with Crippen molar-refractivity contribution in [3.05, 3.63) is 34.9 Å². The van der Waals surface area contributed by atoms with Crippen molar-refractivity contribution in [1.82, 2.24) is 15.5 Å². The smallest absolute Gasteiger partial charge is 0.248 e. The number of phenolic OH excluding ortho intramolecular Hbond substituents is 1. The molecule has 1 amide bonds. The molecule has 2 rings (SSSR count). The van der Waals surface area contributed by atoms with Crippen LogP contribution in [0.25, 0.3) is 6.08 Å². The van der Waals surface area contributed by atoms with Gasteiger partial charge in [-0.15, -0.1) is 0 Å². The van der Waals surface area contributed by atoms with Crippen LogP contribution in [0, 0.1) is 0 Å². The van der Waals surface area contributed by atoms with Gasteiger partial charge in [0.25, 0.3) is 0 Å². The molecular weight excluding hydrogens is 314 g/mol. The fourth-order valence-electron chi connectivity index (χ4n) is 2.85. The Balaban J connectivity index is 2.37. The molecule has 0 radical (unpaired) electrons. The third-order valence-electron chi connectivity index (χ3n) is 4.33. The molecule has 1 heterocycles. The van der Waals surface area contributed by atoms with E-state index in [1.165, 1.54) is 0 Å². The largest absolute Gasteiger partial charge is 0.507 e. The van der Waals surface area contributed by atoms with Gasteiger partial charge in [0.05, 0.1) is 13.3 Å². The van der Waals surface area contributed by atoms with E-state index in [2.05, 4.69) is 52.2 Å². The number of aromatic hydroxyl groups is 1. The van der Waals surface area contributed by atoms with E-state index in [0.717, 1.165) is 23.4 Å². The lowest BCUT2D eigenvalue weighted by Crippen LogP contribution is -2.52. The Bertz CT molecular complexity index is 625. The molecule has 0 bridgehead atoms. The number of hydrogen-bond acceptors (Lipinski definition) is 4. The van der Waals surface area contributed by atoms with Crippen LogP contribution in [0.5, 0.6) is 5.75 Å². The second-order valence-electron chi connectivity index (χ2n) is 8.67. The fraction of sp³-hybridized carbons (Fsp3) is 0.550. The summed E-state index contributed by atoms with van der Waals surface area (Å²) in [4.78, 5) is 14.0. The molecule has 0 aromatic heterocycles. The number of rotatable bonds is 2. The number of phenols is 1. The highest BCUT2D eigenvalue weighted by Crippen LogP contribution is 2.39. The minimum absolute atomic E-state index is 0.0395. The SMILES string of the molecule is CC(C)(C)c1cc(C=CC(=O)N2CNCNC2)cc(C(C)(C)C)c1O. The van der Waals surface area contributed by atoms with Crippen LogP contribution in [0.3, 0.4) is 0 Å². The van der Waals surface area contributed by atoms with Gasteiger partial charge in [0.2, 0.25) is 5.91 Å². The van der Waals surface area contributed by atoms with Gasteiger partial charge in [0.15, 0.2) is 0 Å². The van der Waals surface area contributed by atoms with Crippen LogP contribution in [0.15, 0.2) is 18.2 Å². The standard InChI is InChI=1S/C20H31N3O2/c1-19(2,3)15-9-14(10-16(18(15)25)20(4,5)6)7-8-17(24)23-12-21-11-22-13-23/h7-10,21-22,25H,11-13H2,1-6H3. The molecule has 0 atom stereocenters. The predicted molar refractivity (Wildman–Crippen MR) is 102 cm³/mol. The van der Waals surface area contributed by atoms with Crippen molar-refractivity contribution in [2.24, 2.45) is 0 Å². The maximum absolute atomic E-state index is 12.3. The summed E-state index contributed by atoms with van der Waals surface area (Å²) in [5.74, 6) is 0.315. The Hall–Kier alpha value is -1.85. The zero-order valence-corrected chi connectivity index (χ0v) is 16.2. The summed E-state index contributed by atoms with van der Waals surface area (Å²) in [7, 11) is 0. The summed E-state index contributed by atoms with van der Waals surface area (Å²) in [6, 6.07) is 3.95. The number of nitrogens with zero attached hydrogens (tertiary/aromatic N) is 1. The summed E-state index contributed by atoms with van der Waals surface area (Å²) in [6.07, 6.45) is 3.43. The average molecular weight is 345 g/mol. The average Bonchev–Trinajstić information content (AvgIpc) is 2.52. The van der Waals surface area contributed by atoms with E-state index < -0.39 is 0 Å². The maximum Gasteiger partial charge on any atom is 0.248 e. The molecule has 0 saturated carbocycles. The van der Waals surface area contributed by atoms with Crippen molar-refractivity contribution in [3.63, 3.8) is 0 Å². The Morgan fingerprint density at radius 1 is 1.04 bits per heavy atom. The topological polar surface area (TPSA) is 64.6 Å². The van der Waals surface area contributed by atoms with Gasteiger partial charge in [-0.25, -0.2) is 0 Å². The lowest BCUT2D eigenvalue weighted by atomic mass is 9.78. The van der Waals surface area contributed by atoms with Crippen molar-refractivity contribution >= 4 is 12.0 Å². The first-order chi connectivity index (χ1) is 11.5. The second kappa shape index (κ2) is 7.18. The third-order valence-corrected chi connectivity index (χ3v) is 4.33. The Kier molecular flexibility index (Phi) is 5.59. The molecule has 0 unspecified atom stereocenters. The van der Waals surface area contributed by atoms with Gasteiger partial charge in [-0.05, 0) is 34.6 Å². The molecule has 5 heteroatoms. The molecule has 5 nitrogen and oxygen atoms in total. The number of nitrogens with one attached hydrogen (secondary N) is 2. The van der Waals surface area contributed by atoms with Gasteiger partial charge in [-0.2, -0.15) is 0 Å². The van der Waals surface area contributed by atoms with Crippen LogP contribution in [-0.4, -0.2) is 35.9 Å². The molecule has 138 valence electrons. The molecule has 1 aliphatic rings. The van der Waals surface area contributed by atoms with E-state index in [4.69, 9.17) is 0 Å². The molecule has 1 aliphatic heterocycles. The number of hydrogen-bond donors (Lipinski definition) is 3. The van der Waals surface area contributed by atoms with E-state index in [1.807, 2.05) is 18.2 Å². The zero-order valence-electron chi connectivity index (χ0n) is 16.2. The van der Waals surface area contributed by atoms with Gasteiger partial charge >= 0.3 is 0 Å². The number of carbonyl (C=O) groups excluding carboxylic acids is 1. The minimum atomic E-state index is -0.182. The molecule has 0 spiro atoms. The van der Waals surface area contributed by atoms with E-state index in [9.17, 15) is 9.90 Å². The molecular formula is C20H31N3O2. The first kappa shape index (κ1) is 19.5. The van der Waals surface area contributed by atoms with Crippen LogP contribution in [-0.2, 0) is 15.6 Å². The Labute approximate surface area is 151 Å². The summed E-state index contributed by atoms with van der Waals surface area (Å²) < 4.78 is 0. The van der Waals surface area contributed by atoms with Crippen LogP contribution in [0.4, 0.5) is 0 Å². The number of carbonyl (C=O) groups is 1. The molecule has 0 aliphatic carbocycles. The summed E-state index contributed by atoms with van der Waals surface area (Å²) >= 11 is 0. The van der Waals surface area contributed by atoms with Crippen molar-refractivity contribution < 1.29 is 9.90 Å². The highest BCUT2D eigenvalue weighted by atomic mass is 16.3. The first-order valence-electron chi connectivity index (χ1n) is 8.76. The van der Waals surface area contributed by atoms with Gasteiger partial charge in [-0.1, -0.05) is 41.5 Å². The van der Waals surface area contributed by atoms with Crippen LogP contribution in [0.1, 0.15) is 58.2 Å². The zero-order chi connectivity index (χ0) is 18.8. The normalized spacial score (nSPS) is 16.5. The monoisotopic (exact) mass is 345 g/mol. The predicted octanol–water partition coefficient (Wildman–Crippen LogP) is 2.89. The number of amides is 1. The molecule has 1 aromatic rings. The maximum atomic E-state index is 12.3. The van der Waals surface area contributed by atoms with Crippen LogP contribution in [0.2, 0.25) is 0 Å².